The SMILES string of the molecule is Cc1c(C)c(C)c(CO)c(C)c1C.Cc1c(C)c(C)c(CS)c(C)c1C. The van der Waals surface area contributed by atoms with Gasteiger partial charge in [-0.1, -0.05) is 0 Å². The van der Waals surface area contributed by atoms with Crippen molar-refractivity contribution in [3.05, 3.63) is 66.8 Å². The van der Waals surface area contributed by atoms with Crippen molar-refractivity contribution in [2.24, 2.45) is 0 Å². The first-order chi connectivity index (χ1) is 12.0. The lowest BCUT2D eigenvalue weighted by Gasteiger charge is -2.17. The van der Waals surface area contributed by atoms with E-state index < -0.39 is 0 Å². The molecule has 0 unspecified atom stereocenters. The fourth-order valence-corrected chi connectivity index (χ4v) is 4.10. The Kier molecular flexibility index (Phi) is 7.98. The van der Waals surface area contributed by atoms with Crippen molar-refractivity contribution in [3.8, 4) is 0 Å². The van der Waals surface area contributed by atoms with Gasteiger partial charge < -0.3 is 5.11 Å². The molecule has 0 spiro atoms. The number of hydrogen-bond acceptors (Lipinski definition) is 2. The molecule has 0 bridgehead atoms. The summed E-state index contributed by atoms with van der Waals surface area (Å²) in [6.07, 6.45) is 0. The highest BCUT2D eigenvalue weighted by atomic mass is 32.1. The Morgan fingerprint density at radius 3 is 0.923 bits per heavy atom. The summed E-state index contributed by atoms with van der Waals surface area (Å²) < 4.78 is 0. The van der Waals surface area contributed by atoms with Gasteiger partial charge in [-0.2, -0.15) is 12.6 Å². The zero-order valence-corrected chi connectivity index (χ0v) is 19.2. The van der Waals surface area contributed by atoms with E-state index in [1.807, 2.05) is 0 Å². The summed E-state index contributed by atoms with van der Waals surface area (Å²) >= 11 is 4.38. The second-order valence-corrected chi connectivity index (χ2v) is 7.84. The van der Waals surface area contributed by atoms with Crippen LogP contribution < -0.4 is 0 Å². The van der Waals surface area contributed by atoms with Crippen LogP contribution in [0.5, 0.6) is 0 Å². The highest BCUT2D eigenvalue weighted by molar-refractivity contribution is 7.79. The highest BCUT2D eigenvalue weighted by Crippen LogP contribution is 2.27. The Morgan fingerprint density at radius 1 is 0.462 bits per heavy atom. The summed E-state index contributed by atoms with van der Waals surface area (Å²) in [4.78, 5) is 0. The van der Waals surface area contributed by atoms with E-state index in [4.69, 9.17) is 0 Å². The fraction of sp³-hybridized carbons (Fsp3) is 0.500. The summed E-state index contributed by atoms with van der Waals surface area (Å²) in [5, 5.41) is 9.24. The van der Waals surface area contributed by atoms with Gasteiger partial charge in [-0.05, 0) is 136 Å². The number of aliphatic hydroxyl groups is 1. The van der Waals surface area contributed by atoms with Gasteiger partial charge >= 0.3 is 0 Å². The third kappa shape index (κ3) is 4.18. The summed E-state index contributed by atoms with van der Waals surface area (Å²) in [5.74, 6) is 0.847. The zero-order chi connectivity index (χ0) is 20.3. The molecule has 1 N–H and O–H groups in total. The van der Waals surface area contributed by atoms with Crippen LogP contribution in [0.15, 0.2) is 0 Å². The van der Waals surface area contributed by atoms with Gasteiger partial charge in [0.15, 0.2) is 0 Å². The quantitative estimate of drug-likeness (QED) is 0.586. The Hall–Kier alpha value is -1.25. The molecule has 144 valence electrons. The molecule has 0 saturated carbocycles. The van der Waals surface area contributed by atoms with Crippen LogP contribution in [-0.2, 0) is 12.4 Å². The lowest BCUT2D eigenvalue weighted by molar-refractivity contribution is 0.280. The highest BCUT2D eigenvalue weighted by Gasteiger charge is 2.11. The maximum absolute atomic E-state index is 9.24. The second kappa shape index (κ2) is 9.10. The maximum atomic E-state index is 9.24. The van der Waals surface area contributed by atoms with Crippen LogP contribution >= 0.6 is 12.6 Å². The predicted octanol–water partition coefficient (Wildman–Crippen LogP) is 6.38. The molecule has 0 aliphatic carbocycles. The Bertz CT molecular complexity index is 688. The molecule has 1 nitrogen and oxygen atoms in total. The van der Waals surface area contributed by atoms with Crippen molar-refractivity contribution in [1.29, 1.82) is 0 Å². The van der Waals surface area contributed by atoms with Crippen molar-refractivity contribution in [3.63, 3.8) is 0 Å². The normalized spacial score (nSPS) is 10.6. The second-order valence-electron chi connectivity index (χ2n) is 7.52. The van der Waals surface area contributed by atoms with Crippen LogP contribution in [-0.4, -0.2) is 5.11 Å². The van der Waals surface area contributed by atoms with Crippen LogP contribution in [0, 0.1) is 69.2 Å². The lowest BCUT2D eigenvalue weighted by Crippen LogP contribution is -2.02. The fourth-order valence-electron chi connectivity index (χ4n) is 3.63. The van der Waals surface area contributed by atoms with Gasteiger partial charge in [0, 0.05) is 5.75 Å². The minimum atomic E-state index is 0.152. The largest absolute Gasteiger partial charge is 0.392 e. The van der Waals surface area contributed by atoms with Crippen molar-refractivity contribution < 1.29 is 5.11 Å². The van der Waals surface area contributed by atoms with E-state index in [1.54, 1.807) is 0 Å². The van der Waals surface area contributed by atoms with E-state index in [0.29, 0.717) is 0 Å². The minimum Gasteiger partial charge on any atom is -0.392 e. The van der Waals surface area contributed by atoms with Gasteiger partial charge in [0.2, 0.25) is 0 Å². The molecular weight excluding hydrogens is 336 g/mol. The van der Waals surface area contributed by atoms with E-state index in [9.17, 15) is 5.11 Å². The molecule has 0 saturated heterocycles. The molecule has 0 aromatic heterocycles. The van der Waals surface area contributed by atoms with Crippen LogP contribution in [0.25, 0.3) is 0 Å². The smallest absolute Gasteiger partial charge is 0.0687 e. The average Bonchev–Trinajstić information content (AvgIpc) is 2.63. The van der Waals surface area contributed by atoms with Crippen molar-refractivity contribution in [2.45, 2.75) is 81.6 Å². The number of hydrogen-bond donors (Lipinski definition) is 2. The van der Waals surface area contributed by atoms with Gasteiger partial charge in [0.1, 0.15) is 0 Å². The molecule has 0 amide bonds. The lowest BCUT2D eigenvalue weighted by atomic mass is 9.90. The summed E-state index contributed by atoms with van der Waals surface area (Å²) in [6.45, 7) is 21.7. The Balaban J connectivity index is 0.000000260. The molecule has 0 atom stereocenters. The summed E-state index contributed by atoms with van der Waals surface area (Å²) in [5.41, 5.74) is 16.1. The summed E-state index contributed by atoms with van der Waals surface area (Å²) in [7, 11) is 0. The molecule has 2 rings (SSSR count). The van der Waals surface area contributed by atoms with Gasteiger partial charge in [-0.25, -0.2) is 0 Å². The van der Waals surface area contributed by atoms with E-state index in [-0.39, 0.29) is 6.61 Å². The molecule has 26 heavy (non-hydrogen) atoms. The number of thiol groups is 1. The van der Waals surface area contributed by atoms with Crippen LogP contribution in [0.2, 0.25) is 0 Å². The number of rotatable bonds is 2. The van der Waals surface area contributed by atoms with E-state index in [1.165, 1.54) is 61.2 Å². The third-order valence-electron chi connectivity index (χ3n) is 6.63. The Morgan fingerprint density at radius 2 is 0.692 bits per heavy atom. The standard InChI is InChI=1S/C12H18O.C12H18S/c2*1-7-8(2)10(4)12(6-13)11(5)9(7)3/h2*13H,6H2,1-5H3. The van der Waals surface area contributed by atoms with Gasteiger partial charge in [0.25, 0.3) is 0 Å². The first kappa shape index (κ1) is 22.8. The molecule has 0 radical (unpaired) electrons. The van der Waals surface area contributed by atoms with E-state index in [2.05, 4.69) is 81.9 Å². The first-order valence-corrected chi connectivity index (χ1v) is 9.97. The van der Waals surface area contributed by atoms with Crippen molar-refractivity contribution in [1.82, 2.24) is 0 Å². The van der Waals surface area contributed by atoms with Crippen LogP contribution in [0.4, 0.5) is 0 Å². The van der Waals surface area contributed by atoms with Gasteiger partial charge in [-0.3, -0.25) is 0 Å². The number of aliphatic hydroxyl groups excluding tert-OH is 1. The van der Waals surface area contributed by atoms with Crippen LogP contribution in [0.1, 0.15) is 66.8 Å². The molecule has 0 heterocycles. The van der Waals surface area contributed by atoms with E-state index >= 15 is 0 Å². The van der Waals surface area contributed by atoms with Crippen molar-refractivity contribution >= 4 is 12.6 Å². The molecule has 2 aromatic carbocycles. The van der Waals surface area contributed by atoms with Gasteiger partial charge in [-0.15, -0.1) is 0 Å². The maximum Gasteiger partial charge on any atom is 0.0687 e. The van der Waals surface area contributed by atoms with Crippen LogP contribution in [0.3, 0.4) is 0 Å². The predicted molar refractivity (Wildman–Crippen MR) is 119 cm³/mol. The number of benzene rings is 2. The molecule has 0 aliphatic heterocycles. The molecular formula is C24H36OS. The Labute approximate surface area is 166 Å². The third-order valence-corrected chi connectivity index (χ3v) is 6.94. The van der Waals surface area contributed by atoms with Gasteiger partial charge in [0.05, 0.1) is 6.61 Å². The average molecular weight is 373 g/mol. The van der Waals surface area contributed by atoms with E-state index in [0.717, 1.165) is 11.3 Å². The molecule has 0 aliphatic rings. The molecule has 2 aromatic rings. The van der Waals surface area contributed by atoms with Crippen molar-refractivity contribution in [2.75, 3.05) is 0 Å². The molecule has 2 heteroatoms. The summed E-state index contributed by atoms with van der Waals surface area (Å²) in [6, 6.07) is 0. The minimum absolute atomic E-state index is 0.152. The molecule has 0 fully saturated rings. The zero-order valence-electron chi connectivity index (χ0n) is 18.3. The topological polar surface area (TPSA) is 20.2 Å². The monoisotopic (exact) mass is 372 g/mol. The first-order valence-electron chi connectivity index (χ1n) is 9.34.